The maximum absolute atomic E-state index is 13.3. The Morgan fingerprint density at radius 3 is 2.56 bits per heavy atom. The molecule has 0 bridgehead atoms. The second-order valence-electron chi connectivity index (χ2n) is 8.53. The highest BCUT2D eigenvalue weighted by molar-refractivity contribution is 6.46. The molecule has 0 aliphatic carbocycles. The number of aryl methyl sites for hydroxylation is 3. The van der Waals surface area contributed by atoms with E-state index in [9.17, 15) is 14.7 Å². The third kappa shape index (κ3) is 3.67. The van der Waals surface area contributed by atoms with Gasteiger partial charge in [-0.1, -0.05) is 35.9 Å². The molecule has 1 N–H and O–H groups in total. The molecule has 0 radical (unpaired) electrons. The summed E-state index contributed by atoms with van der Waals surface area (Å²) in [7, 11) is 0. The van der Waals surface area contributed by atoms with Crippen LogP contribution in [-0.4, -0.2) is 47.2 Å². The molecule has 1 saturated heterocycles. The maximum Gasteiger partial charge on any atom is 0.295 e. The van der Waals surface area contributed by atoms with Gasteiger partial charge in [-0.2, -0.15) is 0 Å². The fraction of sp³-hybridized carbons (Fsp3) is 0.231. The van der Waals surface area contributed by atoms with E-state index in [1.165, 1.54) is 0 Å². The number of benzene rings is 1. The summed E-state index contributed by atoms with van der Waals surface area (Å²) in [6.45, 7) is 4.79. The van der Waals surface area contributed by atoms with Crippen molar-refractivity contribution >= 4 is 23.1 Å². The Bertz CT molecular complexity index is 1400. The number of likely N-dealkylation sites (tertiary alicyclic amines) is 1. The summed E-state index contributed by atoms with van der Waals surface area (Å²) in [5.74, 6) is -1.50. The number of imidazole rings is 2. The number of ketones is 1. The lowest BCUT2D eigenvalue weighted by atomic mass is 9.95. The summed E-state index contributed by atoms with van der Waals surface area (Å²) >= 11 is 0. The molecule has 5 rings (SSSR count). The average Bonchev–Trinajstić information content (AvgIpc) is 3.52. The minimum Gasteiger partial charge on any atom is -0.505 e. The Hall–Kier alpha value is -4.20. The molecule has 3 aromatic heterocycles. The monoisotopic (exact) mass is 455 g/mol. The number of fused-ring (bicyclic) bond motifs is 1. The highest BCUT2D eigenvalue weighted by Gasteiger charge is 2.46. The van der Waals surface area contributed by atoms with Crippen molar-refractivity contribution in [3.05, 3.63) is 95.5 Å². The lowest BCUT2D eigenvalue weighted by Crippen LogP contribution is -2.31. The van der Waals surface area contributed by atoms with Gasteiger partial charge in [0.25, 0.3) is 11.7 Å². The van der Waals surface area contributed by atoms with Crippen molar-refractivity contribution in [3.8, 4) is 0 Å². The molecule has 8 nitrogen and oxygen atoms in total. The molecule has 1 atom stereocenters. The number of aliphatic hydroxyl groups is 1. The molecule has 0 unspecified atom stereocenters. The molecule has 1 aliphatic heterocycles. The lowest BCUT2D eigenvalue weighted by Gasteiger charge is -2.25. The number of aliphatic hydroxyl groups excluding tert-OH is 1. The molecule has 1 fully saturated rings. The Morgan fingerprint density at radius 1 is 1.03 bits per heavy atom. The smallest absolute Gasteiger partial charge is 0.295 e. The first-order chi connectivity index (χ1) is 16.5. The van der Waals surface area contributed by atoms with Crippen LogP contribution in [0.5, 0.6) is 0 Å². The summed E-state index contributed by atoms with van der Waals surface area (Å²) in [4.78, 5) is 36.6. The van der Waals surface area contributed by atoms with Crippen LogP contribution in [0.15, 0.2) is 73.0 Å². The van der Waals surface area contributed by atoms with E-state index in [0.29, 0.717) is 36.5 Å². The SMILES string of the molecule is Cc1ccc([C@H]2C(=C(O)c3c(C)nc4ccccn34)C(=O)C(=O)N2CCCn2ccnc2)cc1. The zero-order valence-electron chi connectivity index (χ0n) is 19.0. The van der Waals surface area contributed by atoms with Crippen LogP contribution >= 0.6 is 0 Å². The van der Waals surface area contributed by atoms with Gasteiger partial charge in [-0.15, -0.1) is 0 Å². The van der Waals surface area contributed by atoms with Crippen molar-refractivity contribution in [3.63, 3.8) is 0 Å². The number of aromatic nitrogens is 4. The van der Waals surface area contributed by atoms with Crippen molar-refractivity contribution < 1.29 is 14.7 Å². The molecular weight excluding hydrogens is 430 g/mol. The maximum atomic E-state index is 13.3. The van der Waals surface area contributed by atoms with Crippen LogP contribution in [0.3, 0.4) is 0 Å². The summed E-state index contributed by atoms with van der Waals surface area (Å²) in [6.07, 6.45) is 7.71. The fourth-order valence-electron chi connectivity index (χ4n) is 4.57. The quantitative estimate of drug-likeness (QED) is 0.272. The van der Waals surface area contributed by atoms with Crippen LogP contribution in [0.2, 0.25) is 0 Å². The molecule has 0 spiro atoms. The predicted molar refractivity (Wildman–Crippen MR) is 127 cm³/mol. The lowest BCUT2D eigenvalue weighted by molar-refractivity contribution is -0.139. The number of carbonyl (C=O) groups is 2. The Morgan fingerprint density at radius 2 is 1.82 bits per heavy atom. The van der Waals surface area contributed by atoms with E-state index in [1.54, 1.807) is 34.9 Å². The van der Waals surface area contributed by atoms with Gasteiger partial charge in [0.05, 0.1) is 23.6 Å². The minimum atomic E-state index is -0.684. The standard InChI is InChI=1S/C26H25N5O3/c1-17-7-9-19(10-8-17)23-21(24(32)22-18(2)28-20-6-3-4-13-30(20)22)25(33)26(34)31(23)14-5-12-29-15-11-27-16-29/h3-4,6-11,13,15-16,23,32H,5,12,14H2,1-2H3/t23-/m0/s1. The van der Waals surface area contributed by atoms with Crippen LogP contribution in [0.4, 0.5) is 0 Å². The highest BCUT2D eigenvalue weighted by Crippen LogP contribution is 2.40. The number of hydrogen-bond acceptors (Lipinski definition) is 5. The van der Waals surface area contributed by atoms with E-state index in [1.807, 2.05) is 60.2 Å². The van der Waals surface area contributed by atoms with Gasteiger partial charge >= 0.3 is 0 Å². The van der Waals surface area contributed by atoms with Crippen LogP contribution in [0.1, 0.15) is 35.0 Å². The van der Waals surface area contributed by atoms with Gasteiger partial charge in [0, 0.05) is 31.7 Å². The molecule has 1 aliphatic rings. The normalized spacial score (nSPS) is 17.7. The Balaban J connectivity index is 1.60. The number of rotatable bonds is 6. The van der Waals surface area contributed by atoms with Gasteiger partial charge in [0.1, 0.15) is 11.3 Å². The Kier molecular flexibility index (Phi) is 5.49. The van der Waals surface area contributed by atoms with Gasteiger partial charge < -0.3 is 14.6 Å². The fourth-order valence-corrected chi connectivity index (χ4v) is 4.57. The van der Waals surface area contributed by atoms with Gasteiger partial charge in [-0.05, 0) is 38.0 Å². The number of carbonyl (C=O) groups excluding carboxylic acids is 2. The van der Waals surface area contributed by atoms with E-state index in [0.717, 1.165) is 11.1 Å². The highest BCUT2D eigenvalue weighted by atomic mass is 16.3. The molecule has 1 aromatic carbocycles. The molecule has 4 heterocycles. The first kappa shape index (κ1) is 21.6. The average molecular weight is 456 g/mol. The van der Waals surface area contributed by atoms with E-state index in [4.69, 9.17) is 0 Å². The first-order valence-electron chi connectivity index (χ1n) is 11.2. The zero-order valence-corrected chi connectivity index (χ0v) is 19.0. The zero-order chi connectivity index (χ0) is 23.8. The van der Waals surface area contributed by atoms with Crippen molar-refractivity contribution in [2.75, 3.05) is 6.54 Å². The number of nitrogens with zero attached hydrogens (tertiary/aromatic N) is 5. The second-order valence-corrected chi connectivity index (χ2v) is 8.53. The molecule has 0 saturated carbocycles. The number of amides is 1. The van der Waals surface area contributed by atoms with Gasteiger partial charge in [0.15, 0.2) is 5.76 Å². The predicted octanol–water partition coefficient (Wildman–Crippen LogP) is 3.66. The Labute approximate surface area is 196 Å². The van der Waals surface area contributed by atoms with E-state index < -0.39 is 17.7 Å². The van der Waals surface area contributed by atoms with Gasteiger partial charge in [0.2, 0.25) is 0 Å². The number of Topliss-reactive ketones (excluding diaryl/α,β-unsaturated/α-hetero) is 1. The molecule has 1 amide bonds. The van der Waals surface area contributed by atoms with Crippen molar-refractivity contribution in [1.29, 1.82) is 0 Å². The third-order valence-electron chi connectivity index (χ3n) is 6.24. The van der Waals surface area contributed by atoms with Crippen LogP contribution < -0.4 is 0 Å². The summed E-state index contributed by atoms with van der Waals surface area (Å²) in [6, 6.07) is 12.5. The van der Waals surface area contributed by atoms with Crippen molar-refractivity contribution in [2.45, 2.75) is 32.9 Å². The second kappa shape index (κ2) is 8.62. The van der Waals surface area contributed by atoms with Gasteiger partial charge in [-0.25, -0.2) is 9.97 Å². The van der Waals surface area contributed by atoms with Crippen LogP contribution in [-0.2, 0) is 16.1 Å². The molecule has 8 heteroatoms. The van der Waals surface area contributed by atoms with E-state index in [2.05, 4.69) is 9.97 Å². The molecule has 34 heavy (non-hydrogen) atoms. The number of pyridine rings is 1. The van der Waals surface area contributed by atoms with Gasteiger partial charge in [-0.3, -0.25) is 14.0 Å². The topological polar surface area (TPSA) is 92.7 Å². The van der Waals surface area contributed by atoms with Crippen LogP contribution in [0, 0.1) is 13.8 Å². The van der Waals surface area contributed by atoms with Crippen molar-refractivity contribution in [1.82, 2.24) is 23.8 Å². The summed E-state index contributed by atoms with van der Waals surface area (Å²) < 4.78 is 3.67. The van der Waals surface area contributed by atoms with Crippen LogP contribution in [0.25, 0.3) is 11.4 Å². The molecular formula is C26H25N5O3. The van der Waals surface area contributed by atoms with E-state index in [-0.39, 0.29) is 11.3 Å². The molecule has 172 valence electrons. The number of hydrogen-bond donors (Lipinski definition) is 1. The van der Waals surface area contributed by atoms with Crippen molar-refractivity contribution in [2.24, 2.45) is 0 Å². The minimum absolute atomic E-state index is 0.0882. The third-order valence-corrected chi connectivity index (χ3v) is 6.24. The van der Waals surface area contributed by atoms with E-state index >= 15 is 0 Å². The summed E-state index contributed by atoms with van der Waals surface area (Å²) in [5, 5.41) is 11.5. The first-order valence-corrected chi connectivity index (χ1v) is 11.2. The largest absolute Gasteiger partial charge is 0.505 e. The summed E-state index contributed by atoms with van der Waals surface area (Å²) in [5.41, 5.74) is 3.59. The molecule has 4 aromatic rings.